The number of hydrogen-bond donors (Lipinski definition) is 2. The number of primary amides is 1. The van der Waals surface area contributed by atoms with E-state index in [1.165, 1.54) is 6.08 Å². The molecule has 1 aromatic heterocycles. The number of aromatic nitrogens is 2. The van der Waals surface area contributed by atoms with Crippen LogP contribution in [0, 0.1) is 19.8 Å². The molecular weight excluding hydrogens is 388 g/mol. The van der Waals surface area contributed by atoms with Gasteiger partial charge in [0.05, 0.1) is 12.2 Å². The van der Waals surface area contributed by atoms with E-state index in [4.69, 9.17) is 17.3 Å². The van der Waals surface area contributed by atoms with Gasteiger partial charge in [0.25, 0.3) is 0 Å². The molecule has 2 rings (SSSR count). The summed E-state index contributed by atoms with van der Waals surface area (Å²) in [5.41, 5.74) is 7.98. The Kier molecular flexibility index (Phi) is 7.25. The van der Waals surface area contributed by atoms with E-state index < -0.39 is 11.4 Å². The average Bonchev–Trinajstić information content (AvgIpc) is 2.87. The summed E-state index contributed by atoms with van der Waals surface area (Å²) in [6.45, 7) is 9.98. The maximum absolute atomic E-state index is 12.4. The summed E-state index contributed by atoms with van der Waals surface area (Å²) >= 11 is 6.25. The Bertz CT molecular complexity index is 933. The van der Waals surface area contributed by atoms with Crippen molar-refractivity contribution in [2.75, 3.05) is 0 Å². The largest absolute Gasteiger partial charge is 0.368 e. The van der Waals surface area contributed by atoms with Crippen LogP contribution < -0.4 is 11.1 Å². The number of aryl methyl sites for hydroxylation is 1. The first kappa shape index (κ1) is 22.7. The summed E-state index contributed by atoms with van der Waals surface area (Å²) in [5, 5.41) is 8.00. The number of carbonyl (C=O) groups is 2. The molecule has 0 bridgehead atoms. The number of nitrogens with zero attached hydrogens (tertiary/aromatic N) is 2. The predicted octanol–water partition coefficient (Wildman–Crippen LogP) is 3.62. The Morgan fingerprint density at radius 3 is 2.55 bits per heavy atom. The maximum Gasteiger partial charge on any atom is 0.244 e. The third kappa shape index (κ3) is 5.70. The third-order valence-corrected chi connectivity index (χ3v) is 5.24. The number of carbonyl (C=O) groups excluding carboxylic acids is 2. The van der Waals surface area contributed by atoms with Gasteiger partial charge in [-0.3, -0.25) is 14.3 Å². The van der Waals surface area contributed by atoms with Crippen LogP contribution in [0.5, 0.6) is 0 Å². The van der Waals surface area contributed by atoms with Crippen molar-refractivity contribution in [2.24, 2.45) is 11.7 Å². The highest BCUT2D eigenvalue weighted by Crippen LogP contribution is 2.21. The standard InChI is InChI=1S/C22H29ClN4O2/c1-14(2)12-22(5,21(24)29)25-20(28)11-10-18-15(3)26-27(16(18)4)13-17-8-6-7-9-19(17)23/h6-11,14H,12-13H2,1-5H3,(H2,24,29)(H,25,28). The van der Waals surface area contributed by atoms with E-state index in [1.807, 2.05) is 56.6 Å². The van der Waals surface area contributed by atoms with Crippen LogP contribution in [0.4, 0.5) is 0 Å². The van der Waals surface area contributed by atoms with Crippen molar-refractivity contribution in [1.82, 2.24) is 15.1 Å². The SMILES string of the molecule is Cc1nn(Cc2ccccc2Cl)c(C)c1C=CC(=O)NC(C)(CC(C)C)C(N)=O. The molecule has 29 heavy (non-hydrogen) atoms. The lowest BCUT2D eigenvalue weighted by atomic mass is 9.90. The van der Waals surface area contributed by atoms with Gasteiger partial charge in [-0.2, -0.15) is 5.10 Å². The van der Waals surface area contributed by atoms with Crippen LogP contribution in [0.25, 0.3) is 6.08 Å². The van der Waals surface area contributed by atoms with E-state index in [1.54, 1.807) is 13.0 Å². The summed E-state index contributed by atoms with van der Waals surface area (Å²) in [6.07, 6.45) is 3.60. The minimum Gasteiger partial charge on any atom is -0.368 e. The Morgan fingerprint density at radius 1 is 1.31 bits per heavy atom. The molecule has 1 unspecified atom stereocenters. The van der Waals surface area contributed by atoms with Crippen molar-refractivity contribution in [1.29, 1.82) is 0 Å². The fourth-order valence-electron chi connectivity index (χ4n) is 3.40. The van der Waals surface area contributed by atoms with Crippen molar-refractivity contribution in [2.45, 2.75) is 53.1 Å². The summed E-state index contributed by atoms with van der Waals surface area (Å²) < 4.78 is 1.86. The van der Waals surface area contributed by atoms with Gasteiger partial charge in [0, 0.05) is 22.4 Å². The fourth-order valence-corrected chi connectivity index (χ4v) is 3.59. The number of rotatable bonds is 8. The van der Waals surface area contributed by atoms with Crippen LogP contribution >= 0.6 is 11.6 Å². The van der Waals surface area contributed by atoms with Gasteiger partial charge in [-0.25, -0.2) is 0 Å². The highest BCUT2D eigenvalue weighted by molar-refractivity contribution is 6.31. The van der Waals surface area contributed by atoms with Crippen LogP contribution in [0.15, 0.2) is 30.3 Å². The zero-order valence-corrected chi connectivity index (χ0v) is 18.4. The second kappa shape index (κ2) is 9.27. The molecule has 0 aliphatic heterocycles. The van der Waals surface area contributed by atoms with Crippen LogP contribution in [0.1, 0.15) is 49.7 Å². The third-order valence-electron chi connectivity index (χ3n) is 4.88. The number of amides is 2. The molecule has 2 amide bonds. The first-order chi connectivity index (χ1) is 13.5. The molecule has 1 heterocycles. The molecule has 0 aliphatic carbocycles. The molecule has 1 atom stereocenters. The van der Waals surface area contributed by atoms with E-state index in [0.29, 0.717) is 18.0 Å². The van der Waals surface area contributed by atoms with Crippen molar-refractivity contribution < 1.29 is 9.59 Å². The molecule has 0 saturated carbocycles. The minimum absolute atomic E-state index is 0.212. The van der Waals surface area contributed by atoms with Crippen LogP contribution in [-0.4, -0.2) is 27.1 Å². The molecule has 0 aliphatic rings. The summed E-state index contributed by atoms with van der Waals surface area (Å²) in [7, 11) is 0. The smallest absolute Gasteiger partial charge is 0.244 e. The summed E-state index contributed by atoms with van der Waals surface area (Å²) in [6, 6.07) is 7.63. The predicted molar refractivity (Wildman–Crippen MR) is 116 cm³/mol. The average molecular weight is 417 g/mol. The number of halogens is 1. The first-order valence-corrected chi connectivity index (χ1v) is 9.99. The molecule has 0 fully saturated rings. The molecule has 0 radical (unpaired) electrons. The van der Waals surface area contributed by atoms with Crippen LogP contribution in [0.2, 0.25) is 5.02 Å². The van der Waals surface area contributed by atoms with Crippen molar-refractivity contribution >= 4 is 29.5 Å². The highest BCUT2D eigenvalue weighted by atomic mass is 35.5. The zero-order chi connectivity index (χ0) is 21.8. The number of hydrogen-bond acceptors (Lipinski definition) is 3. The lowest BCUT2D eigenvalue weighted by Crippen LogP contribution is -2.55. The number of nitrogens with one attached hydrogen (secondary N) is 1. The normalized spacial score (nSPS) is 13.6. The highest BCUT2D eigenvalue weighted by Gasteiger charge is 2.33. The zero-order valence-electron chi connectivity index (χ0n) is 17.6. The van der Waals surface area contributed by atoms with Crippen LogP contribution in [-0.2, 0) is 16.1 Å². The van der Waals surface area contributed by atoms with Crippen molar-refractivity contribution in [3.63, 3.8) is 0 Å². The van der Waals surface area contributed by atoms with Gasteiger partial charge in [-0.1, -0.05) is 43.6 Å². The maximum atomic E-state index is 12.4. The van der Waals surface area contributed by atoms with E-state index in [2.05, 4.69) is 10.4 Å². The quantitative estimate of drug-likeness (QED) is 0.644. The van der Waals surface area contributed by atoms with Gasteiger partial charge in [0.1, 0.15) is 5.54 Å². The van der Waals surface area contributed by atoms with E-state index in [-0.39, 0.29) is 11.8 Å². The molecular formula is C22H29ClN4O2. The molecule has 7 heteroatoms. The second-order valence-electron chi connectivity index (χ2n) is 7.95. The van der Waals surface area contributed by atoms with Crippen molar-refractivity contribution in [3.05, 3.63) is 57.9 Å². The molecule has 6 nitrogen and oxygen atoms in total. The molecule has 0 spiro atoms. The Balaban J connectivity index is 2.18. The van der Waals surface area contributed by atoms with E-state index >= 15 is 0 Å². The van der Waals surface area contributed by atoms with Gasteiger partial charge in [0.15, 0.2) is 0 Å². The Hall–Kier alpha value is -2.60. The fraction of sp³-hybridized carbons (Fsp3) is 0.409. The van der Waals surface area contributed by atoms with Crippen molar-refractivity contribution in [3.8, 4) is 0 Å². The Morgan fingerprint density at radius 2 is 1.97 bits per heavy atom. The first-order valence-electron chi connectivity index (χ1n) is 9.61. The lowest BCUT2D eigenvalue weighted by molar-refractivity contribution is -0.129. The molecule has 1 aromatic carbocycles. The second-order valence-corrected chi connectivity index (χ2v) is 8.36. The van der Waals surface area contributed by atoms with Gasteiger partial charge in [-0.05, 0) is 50.8 Å². The van der Waals surface area contributed by atoms with Crippen LogP contribution in [0.3, 0.4) is 0 Å². The van der Waals surface area contributed by atoms with Gasteiger partial charge < -0.3 is 11.1 Å². The molecule has 3 N–H and O–H groups in total. The summed E-state index contributed by atoms with van der Waals surface area (Å²) in [5.74, 6) is -0.707. The minimum atomic E-state index is -1.09. The monoisotopic (exact) mass is 416 g/mol. The van der Waals surface area contributed by atoms with Gasteiger partial charge in [-0.15, -0.1) is 0 Å². The van der Waals surface area contributed by atoms with E-state index in [0.717, 1.165) is 22.5 Å². The van der Waals surface area contributed by atoms with Gasteiger partial charge >= 0.3 is 0 Å². The molecule has 0 saturated heterocycles. The Labute approximate surface area is 177 Å². The van der Waals surface area contributed by atoms with E-state index in [9.17, 15) is 9.59 Å². The molecule has 156 valence electrons. The molecule has 2 aromatic rings. The van der Waals surface area contributed by atoms with Gasteiger partial charge in [0.2, 0.25) is 11.8 Å². The summed E-state index contributed by atoms with van der Waals surface area (Å²) in [4.78, 5) is 24.3. The lowest BCUT2D eigenvalue weighted by Gasteiger charge is -2.28. The topological polar surface area (TPSA) is 90.0 Å². The number of benzene rings is 1. The number of nitrogens with two attached hydrogens (primary N) is 1.